The van der Waals surface area contributed by atoms with Gasteiger partial charge in [-0.1, -0.05) is 24.0 Å². The third kappa shape index (κ3) is 2.84. The summed E-state index contributed by atoms with van der Waals surface area (Å²) in [5, 5.41) is 8.40. The average Bonchev–Trinajstić information content (AvgIpc) is 2.45. The maximum Gasteiger partial charge on any atom is 0.138 e. The van der Waals surface area contributed by atoms with Crippen molar-refractivity contribution in [3.8, 4) is 6.07 Å². The number of ether oxygens (including phenoxy) is 1. The Morgan fingerprint density at radius 3 is 2.93 bits per heavy atom. The smallest absolute Gasteiger partial charge is 0.138 e. The Kier molecular flexibility index (Phi) is 4.17. The SMILES string of the molecule is CC1(C)OCCN1C(=S)SCCC#N. The Morgan fingerprint density at radius 2 is 2.43 bits per heavy atom. The molecule has 0 unspecified atom stereocenters. The molecule has 0 aromatic rings. The van der Waals surface area contributed by atoms with Crippen LogP contribution in [0.5, 0.6) is 0 Å². The molecule has 0 atom stereocenters. The molecule has 0 aromatic heterocycles. The molecule has 5 heteroatoms. The zero-order valence-electron chi connectivity index (χ0n) is 8.45. The van der Waals surface area contributed by atoms with E-state index >= 15 is 0 Å². The maximum absolute atomic E-state index is 8.40. The second-order valence-electron chi connectivity index (χ2n) is 3.47. The second-order valence-corrected chi connectivity index (χ2v) is 5.20. The Labute approximate surface area is 94.4 Å². The molecule has 78 valence electrons. The minimum absolute atomic E-state index is 0.281. The molecule has 1 heterocycles. The first kappa shape index (κ1) is 11.8. The van der Waals surface area contributed by atoms with Gasteiger partial charge in [0.1, 0.15) is 10.0 Å². The van der Waals surface area contributed by atoms with Gasteiger partial charge in [0, 0.05) is 18.7 Å². The highest BCUT2D eigenvalue weighted by Crippen LogP contribution is 2.26. The van der Waals surface area contributed by atoms with Crippen molar-refractivity contribution in [2.24, 2.45) is 0 Å². The molecule has 3 nitrogen and oxygen atoms in total. The third-order valence-electron chi connectivity index (χ3n) is 2.08. The summed E-state index contributed by atoms with van der Waals surface area (Å²) in [6, 6.07) is 2.10. The number of rotatable bonds is 2. The van der Waals surface area contributed by atoms with Gasteiger partial charge in [0.2, 0.25) is 0 Å². The molecule has 1 saturated heterocycles. The molecule has 0 aliphatic carbocycles. The van der Waals surface area contributed by atoms with E-state index in [1.807, 2.05) is 13.8 Å². The van der Waals surface area contributed by atoms with Gasteiger partial charge in [-0.25, -0.2) is 0 Å². The molecule has 0 radical (unpaired) electrons. The van der Waals surface area contributed by atoms with Crippen LogP contribution < -0.4 is 0 Å². The average molecular weight is 230 g/mol. The van der Waals surface area contributed by atoms with Crippen molar-refractivity contribution in [1.29, 1.82) is 5.26 Å². The van der Waals surface area contributed by atoms with Gasteiger partial charge in [-0.05, 0) is 13.8 Å². The van der Waals surface area contributed by atoms with Crippen molar-refractivity contribution in [1.82, 2.24) is 4.90 Å². The van der Waals surface area contributed by atoms with Crippen LogP contribution in [0.25, 0.3) is 0 Å². The lowest BCUT2D eigenvalue weighted by molar-refractivity contribution is -0.0187. The first-order valence-corrected chi connectivity index (χ1v) is 5.92. The van der Waals surface area contributed by atoms with Gasteiger partial charge in [-0.2, -0.15) is 5.26 Å². The van der Waals surface area contributed by atoms with E-state index in [1.165, 1.54) is 0 Å². The lowest BCUT2D eigenvalue weighted by atomic mass is 10.3. The second kappa shape index (κ2) is 4.96. The van der Waals surface area contributed by atoms with Crippen molar-refractivity contribution < 1.29 is 4.74 Å². The molecule has 0 bridgehead atoms. The zero-order chi connectivity index (χ0) is 10.6. The predicted octanol–water partition coefficient (Wildman–Crippen LogP) is 1.99. The molecule has 0 saturated carbocycles. The summed E-state index contributed by atoms with van der Waals surface area (Å²) in [6.45, 7) is 5.60. The van der Waals surface area contributed by atoms with Gasteiger partial charge < -0.3 is 9.64 Å². The van der Waals surface area contributed by atoms with Crippen LogP contribution in [-0.4, -0.2) is 33.8 Å². The lowest BCUT2D eigenvalue weighted by Gasteiger charge is -2.31. The van der Waals surface area contributed by atoms with Crippen LogP contribution in [0.4, 0.5) is 0 Å². The maximum atomic E-state index is 8.40. The van der Waals surface area contributed by atoms with Crippen LogP contribution in [0.3, 0.4) is 0 Å². The fraction of sp³-hybridized carbons (Fsp3) is 0.778. The molecule has 1 fully saturated rings. The van der Waals surface area contributed by atoms with E-state index in [4.69, 9.17) is 22.2 Å². The van der Waals surface area contributed by atoms with Crippen LogP contribution in [0.15, 0.2) is 0 Å². The Hall–Kier alpha value is -0.310. The van der Waals surface area contributed by atoms with Gasteiger partial charge >= 0.3 is 0 Å². The lowest BCUT2D eigenvalue weighted by Crippen LogP contribution is -2.41. The summed E-state index contributed by atoms with van der Waals surface area (Å²) in [5.74, 6) is 0.766. The summed E-state index contributed by atoms with van der Waals surface area (Å²) in [4.78, 5) is 2.07. The number of hydrogen-bond acceptors (Lipinski definition) is 4. The Morgan fingerprint density at radius 1 is 1.71 bits per heavy atom. The molecular formula is C9H14N2OS2. The first-order valence-electron chi connectivity index (χ1n) is 4.53. The summed E-state index contributed by atoms with van der Waals surface area (Å²) in [6.07, 6.45) is 0.542. The van der Waals surface area contributed by atoms with E-state index in [-0.39, 0.29) is 5.72 Å². The first-order chi connectivity index (χ1) is 6.58. The van der Waals surface area contributed by atoms with Crippen LogP contribution >= 0.6 is 24.0 Å². The number of nitriles is 1. The number of hydrogen-bond donors (Lipinski definition) is 0. The molecule has 1 aliphatic heterocycles. The number of thioether (sulfide) groups is 1. The van der Waals surface area contributed by atoms with Crippen molar-refractivity contribution in [2.45, 2.75) is 26.0 Å². The highest BCUT2D eigenvalue weighted by molar-refractivity contribution is 8.22. The topological polar surface area (TPSA) is 36.3 Å². The van der Waals surface area contributed by atoms with Crippen molar-refractivity contribution in [2.75, 3.05) is 18.9 Å². The molecule has 0 spiro atoms. The van der Waals surface area contributed by atoms with Crippen LogP contribution in [0, 0.1) is 11.3 Å². The highest BCUT2D eigenvalue weighted by Gasteiger charge is 2.34. The van der Waals surface area contributed by atoms with E-state index < -0.39 is 0 Å². The molecule has 0 N–H and O–H groups in total. The monoisotopic (exact) mass is 230 g/mol. The minimum Gasteiger partial charge on any atom is -0.354 e. The van der Waals surface area contributed by atoms with Gasteiger partial charge in [-0.3, -0.25) is 0 Å². The summed E-state index contributed by atoms with van der Waals surface area (Å²) >= 11 is 6.83. The van der Waals surface area contributed by atoms with Gasteiger partial charge in [0.25, 0.3) is 0 Å². The summed E-state index contributed by atoms with van der Waals surface area (Å²) in [7, 11) is 0. The van der Waals surface area contributed by atoms with Crippen molar-refractivity contribution in [3.05, 3.63) is 0 Å². The van der Waals surface area contributed by atoms with Gasteiger partial charge in [0.05, 0.1) is 12.7 Å². The highest BCUT2D eigenvalue weighted by atomic mass is 32.2. The minimum atomic E-state index is -0.281. The number of nitrogens with zero attached hydrogens (tertiary/aromatic N) is 2. The van der Waals surface area contributed by atoms with Gasteiger partial charge in [-0.15, -0.1) is 0 Å². The zero-order valence-corrected chi connectivity index (χ0v) is 10.1. The summed E-state index contributed by atoms with van der Waals surface area (Å²) < 4.78 is 6.38. The Balaban J connectivity index is 2.41. The normalized spacial score (nSPS) is 19.4. The Bertz CT molecular complexity index is 260. The van der Waals surface area contributed by atoms with E-state index in [9.17, 15) is 0 Å². The molecular weight excluding hydrogens is 216 g/mol. The van der Waals surface area contributed by atoms with E-state index in [1.54, 1.807) is 11.8 Å². The summed E-state index contributed by atoms with van der Waals surface area (Å²) in [5.41, 5.74) is -0.281. The van der Waals surface area contributed by atoms with Crippen LogP contribution in [0.2, 0.25) is 0 Å². The van der Waals surface area contributed by atoms with E-state index in [0.717, 1.165) is 23.2 Å². The van der Waals surface area contributed by atoms with Crippen molar-refractivity contribution in [3.63, 3.8) is 0 Å². The standard InChI is InChI=1S/C9H14N2OS2/c1-9(2)11(5-6-12-9)8(13)14-7-3-4-10/h3,5-7H2,1-2H3. The molecule has 1 rings (SSSR count). The van der Waals surface area contributed by atoms with E-state index in [0.29, 0.717) is 6.42 Å². The van der Waals surface area contributed by atoms with Crippen LogP contribution in [-0.2, 0) is 4.74 Å². The van der Waals surface area contributed by atoms with Crippen molar-refractivity contribution >= 4 is 28.3 Å². The van der Waals surface area contributed by atoms with Crippen LogP contribution in [0.1, 0.15) is 20.3 Å². The molecule has 1 aliphatic rings. The van der Waals surface area contributed by atoms with Gasteiger partial charge in [0.15, 0.2) is 0 Å². The molecule has 14 heavy (non-hydrogen) atoms. The molecule has 0 amide bonds. The molecule has 0 aromatic carbocycles. The largest absolute Gasteiger partial charge is 0.354 e. The fourth-order valence-electron chi connectivity index (χ4n) is 1.31. The third-order valence-corrected chi connectivity index (χ3v) is 3.53. The fourth-order valence-corrected chi connectivity index (χ4v) is 2.70. The van der Waals surface area contributed by atoms with E-state index in [2.05, 4.69) is 11.0 Å². The predicted molar refractivity (Wildman–Crippen MR) is 62.0 cm³/mol. The quantitative estimate of drug-likeness (QED) is 0.535. The number of thiocarbonyl (C=S) groups is 1.